The fourth-order valence-corrected chi connectivity index (χ4v) is 1.49. The number of rotatable bonds is 4. The van der Waals surface area contributed by atoms with Crippen LogP contribution in [0.3, 0.4) is 0 Å². The maximum atomic E-state index is 12.8. The molecule has 0 aliphatic rings. The first-order valence-corrected chi connectivity index (χ1v) is 5.06. The van der Waals surface area contributed by atoms with Crippen LogP contribution in [0.15, 0.2) is 24.3 Å². The molecule has 1 nitrogen and oxygen atoms in total. The van der Waals surface area contributed by atoms with E-state index in [1.807, 2.05) is 24.3 Å². The summed E-state index contributed by atoms with van der Waals surface area (Å²) in [5.74, 6) is 0.352. The molecular formula is C12H18FN. The molecule has 0 saturated heterocycles. The van der Waals surface area contributed by atoms with E-state index >= 15 is 0 Å². The minimum Gasteiger partial charge on any atom is -0.330 e. The van der Waals surface area contributed by atoms with E-state index < -0.39 is 6.17 Å². The number of nitrogens with two attached hydrogens (primary N) is 1. The average Bonchev–Trinajstić information content (AvgIpc) is 2.16. The Labute approximate surface area is 85.1 Å². The smallest absolute Gasteiger partial charge is 0.101 e. The van der Waals surface area contributed by atoms with Crippen molar-refractivity contribution in [1.82, 2.24) is 0 Å². The van der Waals surface area contributed by atoms with E-state index in [4.69, 9.17) is 5.73 Å². The summed E-state index contributed by atoms with van der Waals surface area (Å²) in [6, 6.07) is 8.03. The van der Waals surface area contributed by atoms with Crippen LogP contribution < -0.4 is 5.73 Å². The highest BCUT2D eigenvalue weighted by Crippen LogP contribution is 2.16. The maximum Gasteiger partial charge on any atom is 0.101 e. The van der Waals surface area contributed by atoms with E-state index in [9.17, 15) is 4.39 Å². The van der Waals surface area contributed by atoms with Gasteiger partial charge in [-0.05, 0) is 30.5 Å². The third kappa shape index (κ3) is 3.11. The Morgan fingerprint density at radius 3 is 2.64 bits per heavy atom. The number of benzene rings is 1. The summed E-state index contributed by atoms with van der Waals surface area (Å²) >= 11 is 0. The predicted octanol–water partition coefficient (Wildman–Crippen LogP) is 2.65. The van der Waals surface area contributed by atoms with Crippen molar-refractivity contribution in [2.45, 2.75) is 32.4 Å². The van der Waals surface area contributed by atoms with Crippen molar-refractivity contribution in [1.29, 1.82) is 0 Å². The van der Waals surface area contributed by atoms with Gasteiger partial charge in [-0.25, -0.2) is 4.39 Å². The Bertz CT molecular complexity index is 283. The van der Waals surface area contributed by atoms with Crippen LogP contribution in [0, 0.1) is 0 Å². The molecule has 0 aliphatic carbocycles. The van der Waals surface area contributed by atoms with Crippen LogP contribution >= 0.6 is 0 Å². The summed E-state index contributed by atoms with van der Waals surface area (Å²) in [5, 5.41) is 0. The molecule has 0 aliphatic heterocycles. The number of alkyl halides is 1. The summed E-state index contributed by atoms with van der Waals surface area (Å²) in [4.78, 5) is 0. The summed E-state index contributed by atoms with van der Waals surface area (Å²) in [6.45, 7) is 4.30. The van der Waals surface area contributed by atoms with Gasteiger partial charge in [-0.15, -0.1) is 0 Å². The van der Waals surface area contributed by atoms with Gasteiger partial charge in [0.25, 0.3) is 0 Å². The first-order chi connectivity index (χ1) is 6.63. The van der Waals surface area contributed by atoms with Crippen LogP contribution in [0.1, 0.15) is 30.9 Å². The summed E-state index contributed by atoms with van der Waals surface area (Å²) in [7, 11) is 0. The van der Waals surface area contributed by atoms with Crippen LogP contribution in [0.4, 0.5) is 4.39 Å². The molecule has 0 aromatic heterocycles. The highest BCUT2D eigenvalue weighted by atomic mass is 19.1. The van der Waals surface area contributed by atoms with Gasteiger partial charge in [0.1, 0.15) is 6.17 Å². The fourth-order valence-electron chi connectivity index (χ4n) is 1.49. The zero-order valence-corrected chi connectivity index (χ0v) is 8.83. The average molecular weight is 195 g/mol. The third-order valence-electron chi connectivity index (χ3n) is 2.39. The van der Waals surface area contributed by atoms with Gasteiger partial charge < -0.3 is 5.73 Å². The van der Waals surface area contributed by atoms with Gasteiger partial charge in [0, 0.05) is 6.42 Å². The van der Waals surface area contributed by atoms with E-state index in [1.54, 1.807) is 6.92 Å². The van der Waals surface area contributed by atoms with Gasteiger partial charge in [0.05, 0.1) is 0 Å². The molecule has 2 heteroatoms. The summed E-state index contributed by atoms with van der Waals surface area (Å²) in [5.41, 5.74) is 7.83. The lowest BCUT2D eigenvalue weighted by Gasteiger charge is -2.10. The second kappa shape index (κ2) is 5.11. The number of halogens is 1. The first-order valence-electron chi connectivity index (χ1n) is 5.06. The second-order valence-electron chi connectivity index (χ2n) is 3.87. The normalized spacial score (nSPS) is 15.1. The molecule has 0 bridgehead atoms. The monoisotopic (exact) mass is 195 g/mol. The largest absolute Gasteiger partial charge is 0.330 e. The number of hydrogen-bond donors (Lipinski definition) is 1. The molecule has 2 N–H and O–H groups in total. The maximum absolute atomic E-state index is 12.8. The Kier molecular flexibility index (Phi) is 4.08. The zero-order valence-electron chi connectivity index (χ0n) is 8.83. The molecule has 78 valence electrons. The third-order valence-corrected chi connectivity index (χ3v) is 2.39. The minimum atomic E-state index is -0.779. The molecule has 14 heavy (non-hydrogen) atoms. The minimum absolute atomic E-state index is 0.352. The van der Waals surface area contributed by atoms with Crippen LogP contribution in [-0.2, 0) is 6.42 Å². The standard InChI is InChI=1S/C12H18FN/c1-9(8-14)12-5-3-4-11(7-12)6-10(2)13/h3-5,7,9-10H,6,8,14H2,1-2H3. The van der Waals surface area contributed by atoms with Gasteiger partial charge in [0.15, 0.2) is 0 Å². The Hall–Kier alpha value is -0.890. The molecule has 1 aromatic rings. The highest BCUT2D eigenvalue weighted by Gasteiger charge is 2.05. The quantitative estimate of drug-likeness (QED) is 0.785. The molecule has 0 fully saturated rings. The number of hydrogen-bond acceptors (Lipinski definition) is 1. The van der Waals surface area contributed by atoms with Crippen molar-refractivity contribution in [3.05, 3.63) is 35.4 Å². The lowest BCUT2D eigenvalue weighted by Crippen LogP contribution is -2.09. The Morgan fingerprint density at radius 2 is 2.07 bits per heavy atom. The fraction of sp³-hybridized carbons (Fsp3) is 0.500. The predicted molar refractivity (Wildman–Crippen MR) is 58.2 cm³/mol. The SMILES string of the molecule is CC(F)Cc1cccc(C(C)CN)c1. The molecule has 2 atom stereocenters. The van der Waals surface area contributed by atoms with Gasteiger partial charge in [-0.1, -0.05) is 31.2 Å². The van der Waals surface area contributed by atoms with E-state index in [2.05, 4.69) is 6.92 Å². The second-order valence-corrected chi connectivity index (χ2v) is 3.87. The Balaban J connectivity index is 2.78. The van der Waals surface area contributed by atoms with Crippen molar-refractivity contribution >= 4 is 0 Å². The van der Waals surface area contributed by atoms with Crippen molar-refractivity contribution in [3.8, 4) is 0 Å². The van der Waals surface area contributed by atoms with Crippen molar-refractivity contribution in [2.75, 3.05) is 6.54 Å². The molecule has 0 amide bonds. The van der Waals surface area contributed by atoms with Crippen molar-refractivity contribution < 1.29 is 4.39 Å². The van der Waals surface area contributed by atoms with Gasteiger partial charge >= 0.3 is 0 Å². The zero-order chi connectivity index (χ0) is 10.6. The molecule has 0 spiro atoms. The van der Waals surface area contributed by atoms with Crippen LogP contribution in [0.2, 0.25) is 0 Å². The lowest BCUT2D eigenvalue weighted by molar-refractivity contribution is 0.360. The summed E-state index contributed by atoms with van der Waals surface area (Å²) < 4.78 is 12.8. The Morgan fingerprint density at radius 1 is 1.36 bits per heavy atom. The first kappa shape index (κ1) is 11.2. The van der Waals surface area contributed by atoms with Gasteiger partial charge in [0.2, 0.25) is 0 Å². The topological polar surface area (TPSA) is 26.0 Å². The van der Waals surface area contributed by atoms with Gasteiger partial charge in [-0.2, -0.15) is 0 Å². The molecule has 1 rings (SSSR count). The molecule has 0 heterocycles. The summed E-state index contributed by atoms with van der Waals surface area (Å²) in [6.07, 6.45) is -0.288. The molecular weight excluding hydrogens is 177 g/mol. The van der Waals surface area contributed by atoms with Crippen LogP contribution in [0.5, 0.6) is 0 Å². The van der Waals surface area contributed by atoms with E-state index in [1.165, 1.54) is 5.56 Å². The van der Waals surface area contributed by atoms with E-state index in [0.29, 0.717) is 18.9 Å². The van der Waals surface area contributed by atoms with Crippen molar-refractivity contribution in [3.63, 3.8) is 0 Å². The van der Waals surface area contributed by atoms with Crippen LogP contribution in [-0.4, -0.2) is 12.7 Å². The highest BCUT2D eigenvalue weighted by molar-refractivity contribution is 5.26. The van der Waals surface area contributed by atoms with Crippen LogP contribution in [0.25, 0.3) is 0 Å². The molecule has 0 saturated carbocycles. The van der Waals surface area contributed by atoms with Gasteiger partial charge in [-0.3, -0.25) is 0 Å². The van der Waals surface area contributed by atoms with Crippen molar-refractivity contribution in [2.24, 2.45) is 5.73 Å². The lowest BCUT2D eigenvalue weighted by atomic mass is 9.97. The van der Waals surface area contributed by atoms with E-state index in [-0.39, 0.29) is 0 Å². The molecule has 0 radical (unpaired) electrons. The molecule has 1 aromatic carbocycles. The van der Waals surface area contributed by atoms with E-state index in [0.717, 1.165) is 5.56 Å². The molecule has 2 unspecified atom stereocenters.